The van der Waals surface area contributed by atoms with E-state index in [1.165, 1.54) is 0 Å². The summed E-state index contributed by atoms with van der Waals surface area (Å²) in [6.07, 6.45) is 2.58. The van der Waals surface area contributed by atoms with Gasteiger partial charge in [0.2, 0.25) is 0 Å². The average Bonchev–Trinajstić information content (AvgIpc) is 2.87. The smallest absolute Gasteiger partial charge is 0.134 e. The van der Waals surface area contributed by atoms with Crippen molar-refractivity contribution in [1.82, 2.24) is 0 Å². The summed E-state index contributed by atoms with van der Waals surface area (Å²) in [6.45, 7) is 4.65. The van der Waals surface area contributed by atoms with Crippen molar-refractivity contribution in [3.05, 3.63) is 36.1 Å². The molecule has 1 aliphatic heterocycles. The lowest BCUT2D eigenvalue weighted by Gasteiger charge is -2.32. The second-order valence-corrected chi connectivity index (χ2v) is 5.98. The van der Waals surface area contributed by atoms with E-state index < -0.39 is 0 Å². The number of fused-ring (bicyclic) bond motifs is 1. The van der Waals surface area contributed by atoms with Crippen LogP contribution in [-0.4, -0.2) is 24.9 Å². The van der Waals surface area contributed by atoms with Crippen LogP contribution in [0.4, 0.5) is 0 Å². The van der Waals surface area contributed by atoms with E-state index in [1.54, 1.807) is 0 Å². The summed E-state index contributed by atoms with van der Waals surface area (Å²) in [5.41, 5.74) is 7.07. The van der Waals surface area contributed by atoms with Crippen LogP contribution < -0.4 is 5.73 Å². The van der Waals surface area contributed by atoms with Gasteiger partial charge in [-0.05, 0) is 38.8 Å². The number of hydrogen-bond donors (Lipinski definition) is 1. The Bertz CT molecular complexity index is 551. The Morgan fingerprint density at radius 3 is 2.67 bits per heavy atom. The molecule has 2 heterocycles. The lowest BCUT2D eigenvalue weighted by Crippen LogP contribution is -2.35. The van der Waals surface area contributed by atoms with Crippen molar-refractivity contribution in [2.24, 2.45) is 5.73 Å². The predicted octanol–water partition coefficient (Wildman–Crippen LogP) is 3.41. The maximum Gasteiger partial charge on any atom is 0.134 e. The zero-order chi connectivity index (χ0) is 14.8. The molecule has 0 spiro atoms. The number of hydrogen-bond acceptors (Lipinski definition) is 4. The van der Waals surface area contributed by atoms with E-state index in [4.69, 9.17) is 19.6 Å². The van der Waals surface area contributed by atoms with E-state index in [9.17, 15) is 0 Å². The standard InChI is InChI=1S/C17H23NO3/c1-11-7-14(8-12(2)20-11)19-10-15(18)17-9-13-5-3-4-6-16(13)21-17/h3-6,9,11-12,14-15H,7-8,10,18H2,1-2H3. The zero-order valence-corrected chi connectivity index (χ0v) is 12.6. The van der Waals surface area contributed by atoms with E-state index in [0.717, 1.165) is 29.6 Å². The molecule has 0 bridgehead atoms. The Morgan fingerprint density at radius 2 is 1.95 bits per heavy atom. The van der Waals surface area contributed by atoms with Gasteiger partial charge in [-0.3, -0.25) is 0 Å². The van der Waals surface area contributed by atoms with Crippen LogP contribution in [0.2, 0.25) is 0 Å². The van der Waals surface area contributed by atoms with E-state index in [1.807, 2.05) is 30.3 Å². The molecule has 4 heteroatoms. The molecule has 1 aromatic carbocycles. The fourth-order valence-corrected chi connectivity index (χ4v) is 2.99. The van der Waals surface area contributed by atoms with E-state index in [0.29, 0.717) is 6.61 Å². The van der Waals surface area contributed by atoms with Crippen LogP contribution in [0.15, 0.2) is 34.7 Å². The Balaban J connectivity index is 1.59. The molecule has 0 amide bonds. The largest absolute Gasteiger partial charge is 0.459 e. The maximum absolute atomic E-state index is 6.20. The van der Waals surface area contributed by atoms with E-state index in [-0.39, 0.29) is 24.4 Å². The van der Waals surface area contributed by atoms with Crippen LogP contribution in [0, 0.1) is 0 Å². The molecular weight excluding hydrogens is 266 g/mol. The lowest BCUT2D eigenvalue weighted by atomic mass is 10.0. The number of rotatable bonds is 4. The molecular formula is C17H23NO3. The third-order valence-electron chi connectivity index (χ3n) is 3.98. The predicted molar refractivity (Wildman–Crippen MR) is 82.1 cm³/mol. The lowest BCUT2D eigenvalue weighted by molar-refractivity contribution is -0.104. The molecule has 1 aliphatic rings. The average molecular weight is 289 g/mol. The summed E-state index contributed by atoms with van der Waals surface area (Å²) in [7, 11) is 0. The summed E-state index contributed by atoms with van der Waals surface area (Å²) in [5.74, 6) is 0.782. The number of nitrogens with two attached hydrogens (primary N) is 1. The van der Waals surface area contributed by atoms with E-state index in [2.05, 4.69) is 13.8 Å². The molecule has 0 saturated carbocycles. The Kier molecular flexibility index (Phi) is 4.29. The highest BCUT2D eigenvalue weighted by molar-refractivity contribution is 5.77. The molecule has 21 heavy (non-hydrogen) atoms. The van der Waals surface area contributed by atoms with Crippen LogP contribution in [0.25, 0.3) is 11.0 Å². The third kappa shape index (κ3) is 3.46. The van der Waals surface area contributed by atoms with Crippen molar-refractivity contribution < 1.29 is 13.9 Å². The highest BCUT2D eigenvalue weighted by Crippen LogP contribution is 2.25. The van der Waals surface area contributed by atoms with Crippen LogP contribution in [0.3, 0.4) is 0 Å². The zero-order valence-electron chi connectivity index (χ0n) is 12.6. The van der Waals surface area contributed by atoms with Crippen LogP contribution in [0.1, 0.15) is 38.5 Å². The summed E-state index contributed by atoms with van der Waals surface area (Å²) in [5, 5.41) is 1.08. The van der Waals surface area contributed by atoms with Gasteiger partial charge in [0.1, 0.15) is 11.3 Å². The Morgan fingerprint density at radius 1 is 1.24 bits per heavy atom. The molecule has 3 unspecified atom stereocenters. The van der Waals surface area contributed by atoms with Crippen LogP contribution in [0.5, 0.6) is 0 Å². The first-order valence-corrected chi connectivity index (χ1v) is 7.63. The number of ether oxygens (including phenoxy) is 2. The minimum atomic E-state index is -0.231. The normalized spacial score (nSPS) is 27.9. The molecule has 4 nitrogen and oxygen atoms in total. The maximum atomic E-state index is 6.20. The van der Waals surface area contributed by atoms with Gasteiger partial charge in [-0.2, -0.15) is 0 Å². The van der Waals surface area contributed by atoms with Gasteiger partial charge in [0, 0.05) is 5.39 Å². The first-order valence-electron chi connectivity index (χ1n) is 7.63. The monoisotopic (exact) mass is 289 g/mol. The summed E-state index contributed by atoms with van der Waals surface area (Å²) in [4.78, 5) is 0. The topological polar surface area (TPSA) is 57.6 Å². The van der Waals surface area contributed by atoms with Crippen LogP contribution in [-0.2, 0) is 9.47 Å². The molecule has 1 aromatic heterocycles. The minimum absolute atomic E-state index is 0.221. The van der Waals surface area contributed by atoms with Gasteiger partial charge in [0.25, 0.3) is 0 Å². The summed E-state index contributed by atoms with van der Waals surface area (Å²) < 4.78 is 17.5. The molecule has 1 fully saturated rings. The second kappa shape index (κ2) is 6.18. The van der Waals surface area contributed by atoms with Crippen molar-refractivity contribution in [2.75, 3.05) is 6.61 Å². The summed E-state index contributed by atoms with van der Waals surface area (Å²) >= 11 is 0. The van der Waals surface area contributed by atoms with Crippen LogP contribution >= 0.6 is 0 Å². The molecule has 3 atom stereocenters. The quantitative estimate of drug-likeness (QED) is 0.937. The van der Waals surface area contributed by atoms with Gasteiger partial charge in [0.05, 0.1) is 31.0 Å². The van der Waals surface area contributed by atoms with Crippen molar-refractivity contribution in [2.45, 2.75) is 51.0 Å². The minimum Gasteiger partial charge on any atom is -0.459 e. The molecule has 0 aliphatic carbocycles. The van der Waals surface area contributed by atoms with Crippen molar-refractivity contribution >= 4 is 11.0 Å². The fraction of sp³-hybridized carbons (Fsp3) is 0.529. The molecule has 3 rings (SSSR count). The number of benzene rings is 1. The molecule has 114 valence electrons. The van der Waals surface area contributed by atoms with Gasteiger partial charge < -0.3 is 19.6 Å². The van der Waals surface area contributed by atoms with Gasteiger partial charge in [0.15, 0.2) is 0 Å². The number of furan rings is 1. The van der Waals surface area contributed by atoms with Gasteiger partial charge in [-0.25, -0.2) is 0 Å². The SMILES string of the molecule is CC1CC(OCC(N)c2cc3ccccc3o2)CC(C)O1. The molecule has 2 aromatic rings. The Labute approximate surface area is 125 Å². The van der Waals surface area contributed by atoms with Crippen molar-refractivity contribution in [3.63, 3.8) is 0 Å². The third-order valence-corrected chi connectivity index (χ3v) is 3.98. The van der Waals surface area contributed by atoms with Gasteiger partial charge in [-0.15, -0.1) is 0 Å². The number of para-hydroxylation sites is 1. The highest BCUT2D eigenvalue weighted by Gasteiger charge is 2.25. The fourth-order valence-electron chi connectivity index (χ4n) is 2.99. The van der Waals surface area contributed by atoms with Gasteiger partial charge >= 0.3 is 0 Å². The second-order valence-electron chi connectivity index (χ2n) is 5.98. The first kappa shape index (κ1) is 14.6. The van der Waals surface area contributed by atoms with Crippen molar-refractivity contribution in [1.29, 1.82) is 0 Å². The first-order chi connectivity index (χ1) is 10.1. The molecule has 0 radical (unpaired) electrons. The van der Waals surface area contributed by atoms with Crippen molar-refractivity contribution in [3.8, 4) is 0 Å². The van der Waals surface area contributed by atoms with Gasteiger partial charge in [-0.1, -0.05) is 18.2 Å². The highest BCUT2D eigenvalue weighted by atomic mass is 16.5. The Hall–Kier alpha value is -1.36. The summed E-state index contributed by atoms with van der Waals surface area (Å²) in [6, 6.07) is 9.70. The molecule has 2 N–H and O–H groups in total. The molecule has 1 saturated heterocycles. The van der Waals surface area contributed by atoms with E-state index >= 15 is 0 Å².